The van der Waals surface area contributed by atoms with E-state index in [-0.39, 0.29) is 22.4 Å². The summed E-state index contributed by atoms with van der Waals surface area (Å²) in [6.45, 7) is 6.31. The Morgan fingerprint density at radius 1 is 1.16 bits per heavy atom. The van der Waals surface area contributed by atoms with E-state index in [1.165, 1.54) is 30.5 Å². The fourth-order valence-electron chi connectivity index (χ4n) is 3.50. The van der Waals surface area contributed by atoms with E-state index in [9.17, 15) is 0 Å². The molecule has 1 aromatic carbocycles. The summed E-state index contributed by atoms with van der Waals surface area (Å²) in [5, 5.41) is 3.58. The third-order valence-electron chi connectivity index (χ3n) is 4.89. The van der Waals surface area contributed by atoms with Crippen LogP contribution in [-0.2, 0) is 12.0 Å². The minimum atomic E-state index is 0. The van der Waals surface area contributed by atoms with Crippen molar-refractivity contribution in [1.82, 2.24) is 4.57 Å². The van der Waals surface area contributed by atoms with Crippen molar-refractivity contribution in [3.05, 3.63) is 49.7 Å². The average molecular weight is 464 g/mol. The van der Waals surface area contributed by atoms with Gasteiger partial charge in [0.2, 0.25) is 0 Å². The third kappa shape index (κ3) is 4.02. The molecule has 1 aliphatic rings. The Bertz CT molecular complexity index is 778. The van der Waals surface area contributed by atoms with Crippen LogP contribution in [0, 0.1) is 0 Å². The van der Waals surface area contributed by atoms with Gasteiger partial charge in [0.05, 0.1) is 10.0 Å². The van der Waals surface area contributed by atoms with Gasteiger partial charge in [-0.25, -0.2) is 0 Å². The van der Waals surface area contributed by atoms with Crippen molar-refractivity contribution < 1.29 is 0 Å². The van der Waals surface area contributed by atoms with Gasteiger partial charge in [0.1, 0.15) is 0 Å². The lowest BCUT2D eigenvalue weighted by Crippen LogP contribution is -2.39. The molecule has 6 heteroatoms. The van der Waals surface area contributed by atoms with Crippen LogP contribution in [0.3, 0.4) is 0 Å². The van der Waals surface area contributed by atoms with Gasteiger partial charge in [-0.15, -0.1) is 28.3 Å². The second-order valence-electron chi connectivity index (χ2n) is 6.50. The van der Waals surface area contributed by atoms with Crippen LogP contribution in [0.25, 0.3) is 0 Å². The first-order valence-corrected chi connectivity index (χ1v) is 10.4. The molecule has 0 aliphatic heterocycles. The largest absolute Gasteiger partial charge is 0.320 e. The van der Waals surface area contributed by atoms with Crippen molar-refractivity contribution >= 4 is 51.5 Å². The van der Waals surface area contributed by atoms with Crippen LogP contribution in [-0.4, -0.2) is 11.1 Å². The Hall–Kier alpha value is -0.290. The molecule has 0 bridgehead atoms. The number of aromatic nitrogens is 1. The minimum Gasteiger partial charge on any atom is -0.320 e. The van der Waals surface area contributed by atoms with E-state index >= 15 is 0 Å². The normalized spacial score (nSPS) is 16.4. The quantitative estimate of drug-likeness (QED) is 0.457. The van der Waals surface area contributed by atoms with Crippen LogP contribution in [0.2, 0.25) is 10.0 Å². The fourth-order valence-corrected chi connectivity index (χ4v) is 4.85. The Kier molecular flexibility index (Phi) is 7.63. The first-order chi connectivity index (χ1) is 11.6. The molecule has 1 fully saturated rings. The highest BCUT2D eigenvalue weighted by molar-refractivity contribution is 8.93. The van der Waals surface area contributed by atoms with E-state index in [1.807, 2.05) is 6.07 Å². The molecule has 0 spiro atoms. The molecule has 2 nitrogen and oxygen atoms in total. The Balaban J connectivity index is 0.00000225. The second-order valence-corrected chi connectivity index (χ2v) is 8.15. The maximum Gasteiger partial charge on any atom is 0.184 e. The summed E-state index contributed by atoms with van der Waals surface area (Å²) in [5.41, 5.74) is 2.75. The molecule has 1 saturated carbocycles. The summed E-state index contributed by atoms with van der Waals surface area (Å²) < 4.78 is 2.43. The summed E-state index contributed by atoms with van der Waals surface area (Å²) in [6.07, 6.45) is 5.78. The van der Waals surface area contributed by atoms with E-state index < -0.39 is 0 Å². The first kappa shape index (κ1) is 21.0. The lowest BCUT2D eigenvalue weighted by molar-refractivity contribution is 0.282. The predicted octanol–water partition coefficient (Wildman–Crippen LogP) is 6.63. The maximum absolute atomic E-state index is 6.31. The monoisotopic (exact) mass is 462 g/mol. The summed E-state index contributed by atoms with van der Waals surface area (Å²) in [6, 6.07) is 6.13. The fraction of sp³-hybridized carbons (Fsp3) is 0.526. The smallest absolute Gasteiger partial charge is 0.184 e. The highest BCUT2D eigenvalue weighted by Crippen LogP contribution is 2.50. The second kappa shape index (κ2) is 9.07. The van der Waals surface area contributed by atoms with E-state index in [4.69, 9.17) is 28.2 Å². The standard InChI is InChI=1S/C19H24Cl2N2S.BrH/c1-3-10-22-18-23(11-4-2)17(13-24-18)19(8-5-9-19)14-6-7-15(20)16(21)12-14;/h6-7,12-13H,3-5,8-11H2,1-2H3;1H. The zero-order chi connectivity index (χ0) is 17.2. The molecular weight excluding hydrogens is 439 g/mol. The van der Waals surface area contributed by atoms with Crippen LogP contribution >= 0.6 is 51.5 Å². The Morgan fingerprint density at radius 3 is 2.48 bits per heavy atom. The van der Waals surface area contributed by atoms with Gasteiger partial charge in [0.15, 0.2) is 4.80 Å². The molecule has 25 heavy (non-hydrogen) atoms. The molecular formula is C19H25BrCl2N2S. The SMILES string of the molecule is Br.CCCN=c1scc(C2(c3ccc(Cl)c(Cl)c3)CCC2)n1CCC. The minimum absolute atomic E-state index is 0. The van der Waals surface area contributed by atoms with Crippen molar-refractivity contribution in [1.29, 1.82) is 0 Å². The molecule has 1 aromatic heterocycles. The van der Waals surface area contributed by atoms with Crippen molar-refractivity contribution in [2.75, 3.05) is 6.54 Å². The number of hydrogen-bond acceptors (Lipinski definition) is 2. The van der Waals surface area contributed by atoms with E-state index in [1.54, 1.807) is 11.3 Å². The molecule has 0 amide bonds. The Labute approximate surface area is 174 Å². The third-order valence-corrected chi connectivity index (χ3v) is 6.53. The van der Waals surface area contributed by atoms with E-state index in [2.05, 4.69) is 35.9 Å². The average Bonchev–Trinajstić information content (AvgIpc) is 2.91. The van der Waals surface area contributed by atoms with Crippen LogP contribution in [0.15, 0.2) is 28.6 Å². The molecule has 1 aliphatic carbocycles. The van der Waals surface area contributed by atoms with Gasteiger partial charge in [-0.05, 0) is 43.4 Å². The van der Waals surface area contributed by atoms with Crippen LogP contribution in [0.5, 0.6) is 0 Å². The predicted molar refractivity (Wildman–Crippen MR) is 115 cm³/mol. The van der Waals surface area contributed by atoms with Gasteiger partial charge in [-0.1, -0.05) is 49.5 Å². The van der Waals surface area contributed by atoms with Crippen molar-refractivity contribution in [3.63, 3.8) is 0 Å². The Morgan fingerprint density at radius 2 is 1.92 bits per heavy atom. The van der Waals surface area contributed by atoms with Crippen LogP contribution < -0.4 is 4.80 Å². The molecule has 1 heterocycles. The summed E-state index contributed by atoms with van der Waals surface area (Å²) in [7, 11) is 0. The zero-order valence-corrected chi connectivity index (χ0v) is 18.8. The van der Waals surface area contributed by atoms with Crippen LogP contribution in [0.1, 0.15) is 57.2 Å². The molecule has 2 aromatic rings. The zero-order valence-electron chi connectivity index (χ0n) is 14.7. The number of hydrogen-bond donors (Lipinski definition) is 0. The summed E-state index contributed by atoms with van der Waals surface area (Å²) in [4.78, 5) is 5.95. The van der Waals surface area contributed by atoms with E-state index in [0.29, 0.717) is 10.0 Å². The van der Waals surface area contributed by atoms with Gasteiger partial charge in [-0.2, -0.15) is 0 Å². The highest BCUT2D eigenvalue weighted by Gasteiger charge is 2.43. The number of rotatable bonds is 6. The molecule has 0 unspecified atom stereocenters. The number of halogens is 3. The number of nitrogens with zero attached hydrogens (tertiary/aromatic N) is 2. The van der Waals surface area contributed by atoms with Gasteiger partial charge >= 0.3 is 0 Å². The number of thiazole rings is 1. The molecule has 3 rings (SSSR count). The highest BCUT2D eigenvalue weighted by atomic mass is 79.9. The number of benzene rings is 1. The van der Waals surface area contributed by atoms with Gasteiger partial charge in [-0.3, -0.25) is 4.99 Å². The van der Waals surface area contributed by atoms with Crippen molar-refractivity contribution in [3.8, 4) is 0 Å². The lowest BCUT2D eigenvalue weighted by atomic mass is 9.62. The van der Waals surface area contributed by atoms with Gasteiger partial charge in [0.25, 0.3) is 0 Å². The van der Waals surface area contributed by atoms with Crippen molar-refractivity contribution in [2.45, 2.75) is 57.9 Å². The van der Waals surface area contributed by atoms with Crippen LogP contribution in [0.4, 0.5) is 0 Å². The molecule has 0 saturated heterocycles. The van der Waals surface area contributed by atoms with Crippen molar-refractivity contribution in [2.24, 2.45) is 4.99 Å². The maximum atomic E-state index is 6.31. The van der Waals surface area contributed by atoms with Gasteiger partial charge < -0.3 is 4.57 Å². The molecule has 0 N–H and O–H groups in total. The summed E-state index contributed by atoms with van der Waals surface area (Å²) >= 11 is 14.2. The molecule has 138 valence electrons. The molecule has 0 radical (unpaired) electrons. The molecule has 0 atom stereocenters. The summed E-state index contributed by atoms with van der Waals surface area (Å²) in [5.74, 6) is 0. The van der Waals surface area contributed by atoms with Gasteiger partial charge in [0, 0.05) is 29.6 Å². The topological polar surface area (TPSA) is 17.3 Å². The first-order valence-electron chi connectivity index (χ1n) is 8.77. The lowest BCUT2D eigenvalue weighted by Gasteiger charge is -2.43. The van der Waals surface area contributed by atoms with E-state index in [0.717, 1.165) is 30.7 Å².